The van der Waals surface area contributed by atoms with E-state index >= 15 is 0 Å². The Morgan fingerprint density at radius 1 is 0.880 bits per heavy atom. The maximum Gasteiger partial charge on any atom is 0.289 e. The first kappa shape index (κ1) is 37.4. The van der Waals surface area contributed by atoms with Crippen molar-refractivity contribution in [1.82, 2.24) is 36.1 Å². The molecule has 5 rings (SSSR count). The highest BCUT2D eigenvalue weighted by atomic mass is 16.2. The SMILES string of the molecule is CCCC(NC(=O)[C@H]1CC2CCCCC2N1C(=O)[C@@H](NC(=O)[C@@H](NC(=O)c1cnccn1)C1CCCCC1)C(C)(C)C)C(=O)C(=O)NC1CC1. The molecule has 6 atom stereocenters. The number of carbonyl (C=O) groups excluding carboxylic acids is 6. The molecule has 13 nitrogen and oxygen atoms in total. The van der Waals surface area contributed by atoms with Crippen LogP contribution in [-0.2, 0) is 24.0 Å². The van der Waals surface area contributed by atoms with Crippen molar-refractivity contribution in [3.63, 3.8) is 0 Å². The molecule has 4 N–H and O–H groups in total. The van der Waals surface area contributed by atoms with E-state index in [1.165, 1.54) is 18.6 Å². The normalized spacial score (nSPS) is 24.2. The Morgan fingerprint density at radius 3 is 2.22 bits per heavy atom. The Balaban J connectivity index is 1.38. The van der Waals surface area contributed by atoms with Crippen LogP contribution in [0.2, 0.25) is 0 Å². The predicted molar refractivity (Wildman–Crippen MR) is 185 cm³/mol. The van der Waals surface area contributed by atoms with Crippen molar-refractivity contribution >= 4 is 35.3 Å². The van der Waals surface area contributed by atoms with Gasteiger partial charge >= 0.3 is 0 Å². The maximum absolute atomic E-state index is 14.8. The average molecular weight is 694 g/mol. The smallest absolute Gasteiger partial charge is 0.289 e. The molecular formula is C37H55N7O6. The quantitative estimate of drug-likeness (QED) is 0.228. The van der Waals surface area contributed by atoms with Gasteiger partial charge in [-0.25, -0.2) is 4.98 Å². The molecule has 1 aliphatic heterocycles. The number of Topliss-reactive ketones (excluding diaryl/α,β-unsaturated/α-hetero) is 1. The van der Waals surface area contributed by atoms with Crippen molar-refractivity contribution in [3.05, 3.63) is 24.3 Å². The van der Waals surface area contributed by atoms with Crippen LogP contribution in [0.3, 0.4) is 0 Å². The van der Waals surface area contributed by atoms with E-state index in [1.807, 2.05) is 27.7 Å². The van der Waals surface area contributed by atoms with E-state index in [-0.39, 0.29) is 35.5 Å². The summed E-state index contributed by atoms with van der Waals surface area (Å²) in [5.41, 5.74) is -0.641. The van der Waals surface area contributed by atoms with Crippen LogP contribution in [0.5, 0.6) is 0 Å². The fraction of sp³-hybridized carbons (Fsp3) is 0.730. The van der Waals surface area contributed by atoms with Gasteiger partial charge in [0.05, 0.1) is 12.2 Å². The van der Waals surface area contributed by atoms with E-state index in [0.29, 0.717) is 19.3 Å². The third-order valence-electron chi connectivity index (χ3n) is 10.9. The van der Waals surface area contributed by atoms with Crippen LogP contribution in [0.15, 0.2) is 18.6 Å². The van der Waals surface area contributed by atoms with Crippen LogP contribution in [0, 0.1) is 17.3 Å². The number of ketones is 1. The van der Waals surface area contributed by atoms with Crippen LogP contribution in [-0.4, -0.2) is 86.4 Å². The van der Waals surface area contributed by atoms with E-state index in [2.05, 4.69) is 31.2 Å². The van der Waals surface area contributed by atoms with Gasteiger partial charge < -0.3 is 26.2 Å². The molecule has 4 fully saturated rings. The molecule has 3 saturated carbocycles. The number of fused-ring (bicyclic) bond motifs is 1. The molecule has 1 saturated heterocycles. The van der Waals surface area contributed by atoms with Crippen molar-refractivity contribution < 1.29 is 28.8 Å². The number of nitrogens with zero attached hydrogens (tertiary/aromatic N) is 3. The largest absolute Gasteiger partial charge is 0.347 e. The highest BCUT2D eigenvalue weighted by molar-refractivity contribution is 6.38. The van der Waals surface area contributed by atoms with Gasteiger partial charge in [0.15, 0.2) is 0 Å². The Morgan fingerprint density at radius 2 is 1.58 bits per heavy atom. The molecule has 274 valence electrons. The highest BCUT2D eigenvalue weighted by Gasteiger charge is 2.51. The standard InChI is InChI=1S/C37H55N7O6/c1-5-11-25(30(45)35(49)40-24-16-17-24)41-33(47)28-20-23-14-9-10-15-27(23)44(28)36(50)31(37(2,3)4)43-34(48)29(22-12-7-6-8-13-22)42-32(46)26-21-38-18-19-39-26/h18-19,21-25,27-29,31H,5-17,20H2,1-4H3,(H,40,49)(H,41,47)(H,42,46)(H,43,48)/t23?,25?,27?,28-,29+,31-/m1/s1. The van der Waals surface area contributed by atoms with Crippen LogP contribution in [0.1, 0.15) is 128 Å². The number of carbonyl (C=O) groups is 6. The summed E-state index contributed by atoms with van der Waals surface area (Å²) in [4.78, 5) is 91.9. The van der Waals surface area contributed by atoms with Crippen molar-refractivity contribution in [2.75, 3.05) is 0 Å². The van der Waals surface area contributed by atoms with Gasteiger partial charge in [-0.3, -0.25) is 33.8 Å². The van der Waals surface area contributed by atoms with Crippen molar-refractivity contribution in [2.45, 2.75) is 154 Å². The van der Waals surface area contributed by atoms with Gasteiger partial charge in [0.2, 0.25) is 23.5 Å². The molecule has 0 aromatic carbocycles. The second kappa shape index (κ2) is 16.4. The van der Waals surface area contributed by atoms with Crippen LogP contribution >= 0.6 is 0 Å². The number of rotatable bonds is 13. The first-order valence-corrected chi connectivity index (χ1v) is 18.7. The maximum atomic E-state index is 14.8. The van der Waals surface area contributed by atoms with Crippen LogP contribution in [0.25, 0.3) is 0 Å². The number of amides is 5. The van der Waals surface area contributed by atoms with Gasteiger partial charge in [-0.15, -0.1) is 0 Å². The van der Waals surface area contributed by atoms with Crippen molar-refractivity contribution in [1.29, 1.82) is 0 Å². The van der Waals surface area contributed by atoms with Gasteiger partial charge in [-0.1, -0.05) is 66.2 Å². The van der Waals surface area contributed by atoms with E-state index in [9.17, 15) is 28.8 Å². The second-order valence-electron chi connectivity index (χ2n) is 15.8. The van der Waals surface area contributed by atoms with Gasteiger partial charge in [0, 0.05) is 24.5 Å². The Hall–Kier alpha value is -3.90. The number of likely N-dealkylation sites (tertiary alicyclic amines) is 1. The zero-order valence-corrected chi connectivity index (χ0v) is 30.0. The molecule has 0 bridgehead atoms. The number of aromatic nitrogens is 2. The Bertz CT molecular complexity index is 1400. The summed E-state index contributed by atoms with van der Waals surface area (Å²) in [6.45, 7) is 7.52. The summed E-state index contributed by atoms with van der Waals surface area (Å²) in [6, 6.07) is -3.89. The van der Waals surface area contributed by atoms with E-state index in [4.69, 9.17) is 0 Å². The highest BCUT2D eigenvalue weighted by Crippen LogP contribution is 2.41. The van der Waals surface area contributed by atoms with Crippen molar-refractivity contribution in [2.24, 2.45) is 17.3 Å². The Labute approximate surface area is 295 Å². The molecule has 3 aliphatic carbocycles. The monoisotopic (exact) mass is 693 g/mol. The molecule has 3 unspecified atom stereocenters. The molecule has 50 heavy (non-hydrogen) atoms. The van der Waals surface area contributed by atoms with Gasteiger partial charge in [0.25, 0.3) is 11.8 Å². The van der Waals surface area contributed by atoms with Gasteiger partial charge in [-0.2, -0.15) is 0 Å². The zero-order valence-electron chi connectivity index (χ0n) is 30.0. The van der Waals surface area contributed by atoms with E-state index in [1.54, 1.807) is 4.90 Å². The topological polar surface area (TPSA) is 180 Å². The summed E-state index contributed by atoms with van der Waals surface area (Å²) < 4.78 is 0. The minimum absolute atomic E-state index is 0.0121. The lowest BCUT2D eigenvalue weighted by Crippen LogP contribution is -2.63. The molecule has 0 radical (unpaired) electrons. The summed E-state index contributed by atoms with van der Waals surface area (Å²) in [5, 5.41) is 11.5. The molecule has 0 spiro atoms. The number of hydrogen-bond donors (Lipinski definition) is 4. The summed E-state index contributed by atoms with van der Waals surface area (Å²) in [6.07, 6.45) is 15.3. The summed E-state index contributed by atoms with van der Waals surface area (Å²) in [5.74, 6) is -3.12. The molecule has 1 aromatic rings. The van der Waals surface area contributed by atoms with Gasteiger partial charge in [0.1, 0.15) is 23.8 Å². The lowest BCUT2D eigenvalue weighted by atomic mass is 9.81. The summed E-state index contributed by atoms with van der Waals surface area (Å²) >= 11 is 0. The Kier molecular flexibility index (Phi) is 12.3. The molecule has 4 aliphatic rings. The van der Waals surface area contributed by atoms with Gasteiger partial charge in [-0.05, 0) is 68.6 Å². The fourth-order valence-electron chi connectivity index (χ4n) is 8.01. The summed E-state index contributed by atoms with van der Waals surface area (Å²) in [7, 11) is 0. The molecule has 1 aromatic heterocycles. The second-order valence-corrected chi connectivity index (χ2v) is 15.8. The number of hydrogen-bond acceptors (Lipinski definition) is 8. The van der Waals surface area contributed by atoms with Crippen LogP contribution in [0.4, 0.5) is 0 Å². The average Bonchev–Trinajstić information content (AvgIpc) is 3.84. The van der Waals surface area contributed by atoms with Crippen LogP contribution < -0.4 is 21.3 Å². The third kappa shape index (κ3) is 9.06. The molecular weight excluding hydrogens is 638 g/mol. The van der Waals surface area contributed by atoms with E-state index < -0.39 is 59.0 Å². The zero-order chi connectivity index (χ0) is 36.0. The van der Waals surface area contributed by atoms with E-state index in [0.717, 1.165) is 70.6 Å². The first-order valence-electron chi connectivity index (χ1n) is 18.7. The third-order valence-corrected chi connectivity index (χ3v) is 10.9. The minimum Gasteiger partial charge on any atom is -0.347 e. The van der Waals surface area contributed by atoms with Crippen molar-refractivity contribution in [3.8, 4) is 0 Å². The predicted octanol–water partition coefficient (Wildman–Crippen LogP) is 2.98. The fourth-order valence-corrected chi connectivity index (χ4v) is 8.01. The molecule has 13 heteroatoms. The molecule has 5 amide bonds. The molecule has 2 heterocycles. The lowest BCUT2D eigenvalue weighted by Gasteiger charge is -2.40. The lowest BCUT2D eigenvalue weighted by molar-refractivity contribution is -0.147. The number of nitrogens with one attached hydrogen (secondary N) is 4. The first-order chi connectivity index (χ1) is 23.9. The minimum atomic E-state index is -0.997.